The van der Waals surface area contributed by atoms with Gasteiger partial charge in [0.15, 0.2) is 0 Å². The van der Waals surface area contributed by atoms with Crippen LogP contribution in [-0.2, 0) is 0 Å². The molecule has 1 N–H and O–H groups in total. The highest BCUT2D eigenvalue weighted by atomic mass is 15.0. The van der Waals surface area contributed by atoms with Gasteiger partial charge in [-0.25, -0.2) is 0 Å². The normalized spacial score (nSPS) is 37.6. The Morgan fingerprint density at radius 2 is 1.89 bits per heavy atom. The van der Waals surface area contributed by atoms with Gasteiger partial charge in [0, 0.05) is 6.04 Å². The third-order valence-electron chi connectivity index (χ3n) is 5.20. The molecule has 1 heteroatoms. The lowest BCUT2D eigenvalue weighted by Crippen LogP contribution is -2.57. The molecule has 0 amide bonds. The monoisotopic (exact) mass is 243 g/mol. The number of rotatable bonds is 3. The molecule has 2 aliphatic carbocycles. The van der Waals surface area contributed by atoms with Crippen molar-refractivity contribution >= 4 is 0 Å². The van der Waals surface area contributed by atoms with Crippen molar-refractivity contribution in [3.05, 3.63) is 35.4 Å². The fraction of sp³-hybridized carbons (Fsp3) is 0.647. The van der Waals surface area contributed by atoms with Crippen LogP contribution in [0.1, 0.15) is 56.6 Å². The summed E-state index contributed by atoms with van der Waals surface area (Å²) in [5.74, 6) is 3.22. The van der Waals surface area contributed by atoms with E-state index in [-0.39, 0.29) is 0 Å². The first kappa shape index (κ1) is 12.2. The van der Waals surface area contributed by atoms with Gasteiger partial charge in [0.25, 0.3) is 0 Å². The molecule has 98 valence electrons. The largest absolute Gasteiger partial charge is 0.313 e. The minimum Gasteiger partial charge on any atom is -0.313 e. The summed E-state index contributed by atoms with van der Waals surface area (Å²) < 4.78 is 0. The van der Waals surface area contributed by atoms with Gasteiger partial charge >= 0.3 is 0 Å². The molecule has 0 spiro atoms. The Hall–Kier alpha value is -0.820. The zero-order valence-corrected chi connectivity index (χ0v) is 11.8. The predicted octanol–water partition coefficient (Wildman–Crippen LogP) is 3.91. The van der Waals surface area contributed by atoms with E-state index in [1.807, 2.05) is 0 Å². The third-order valence-corrected chi connectivity index (χ3v) is 5.20. The van der Waals surface area contributed by atoms with Crippen LogP contribution >= 0.6 is 0 Å². The number of hydrogen-bond acceptors (Lipinski definition) is 1. The van der Waals surface area contributed by atoms with Crippen LogP contribution in [0.4, 0.5) is 0 Å². The first-order chi connectivity index (χ1) is 8.74. The molecule has 18 heavy (non-hydrogen) atoms. The highest BCUT2D eigenvalue weighted by Crippen LogP contribution is 2.56. The Bertz CT molecular complexity index is 425. The molecule has 0 heterocycles. The van der Waals surface area contributed by atoms with Crippen molar-refractivity contribution in [1.29, 1.82) is 0 Å². The SMILES string of the molecule is CCCNC1C(C)C2c3ccccc3C(C)CC12. The minimum absolute atomic E-state index is 0.737. The van der Waals surface area contributed by atoms with Crippen molar-refractivity contribution < 1.29 is 0 Å². The van der Waals surface area contributed by atoms with Crippen LogP contribution in [0.2, 0.25) is 0 Å². The van der Waals surface area contributed by atoms with E-state index in [1.165, 1.54) is 19.4 Å². The molecule has 1 nitrogen and oxygen atoms in total. The molecule has 1 fully saturated rings. The number of benzene rings is 1. The van der Waals surface area contributed by atoms with Gasteiger partial charge in [-0.2, -0.15) is 0 Å². The molecule has 1 saturated carbocycles. The standard InChI is InChI=1S/C17H25N/c1-4-9-18-17-12(3)16-14-8-6-5-7-13(14)11(2)10-15(16)17/h5-8,11-12,15-18H,4,9-10H2,1-3H3. The van der Waals surface area contributed by atoms with E-state index in [4.69, 9.17) is 0 Å². The minimum atomic E-state index is 0.737. The second-order valence-corrected chi connectivity index (χ2v) is 6.29. The van der Waals surface area contributed by atoms with Crippen molar-refractivity contribution in [3.63, 3.8) is 0 Å². The molecule has 5 unspecified atom stereocenters. The summed E-state index contributed by atoms with van der Waals surface area (Å²) in [5, 5.41) is 3.77. The summed E-state index contributed by atoms with van der Waals surface area (Å²) in [6, 6.07) is 9.88. The molecule has 0 bridgehead atoms. The first-order valence-corrected chi connectivity index (χ1v) is 7.56. The van der Waals surface area contributed by atoms with Crippen LogP contribution in [0.5, 0.6) is 0 Å². The van der Waals surface area contributed by atoms with E-state index < -0.39 is 0 Å². The van der Waals surface area contributed by atoms with Crippen molar-refractivity contribution in [2.24, 2.45) is 11.8 Å². The summed E-state index contributed by atoms with van der Waals surface area (Å²) in [4.78, 5) is 0. The van der Waals surface area contributed by atoms with Crippen LogP contribution in [0, 0.1) is 11.8 Å². The fourth-order valence-corrected chi connectivity index (χ4v) is 4.33. The molecule has 2 aliphatic rings. The number of fused-ring (bicyclic) bond motifs is 3. The molecule has 0 aliphatic heterocycles. The van der Waals surface area contributed by atoms with Crippen molar-refractivity contribution in [2.45, 2.75) is 51.5 Å². The quantitative estimate of drug-likeness (QED) is 0.848. The van der Waals surface area contributed by atoms with Gasteiger partial charge in [0.1, 0.15) is 0 Å². The van der Waals surface area contributed by atoms with Gasteiger partial charge in [0.2, 0.25) is 0 Å². The molecule has 3 rings (SSSR count). The Balaban J connectivity index is 1.84. The van der Waals surface area contributed by atoms with Crippen LogP contribution < -0.4 is 5.32 Å². The van der Waals surface area contributed by atoms with Gasteiger partial charge in [-0.1, -0.05) is 45.0 Å². The molecule has 0 aromatic heterocycles. The maximum Gasteiger partial charge on any atom is 0.0133 e. The van der Waals surface area contributed by atoms with Crippen molar-refractivity contribution in [1.82, 2.24) is 5.32 Å². The summed E-state index contributed by atoms with van der Waals surface area (Å²) in [6.45, 7) is 8.26. The van der Waals surface area contributed by atoms with Crippen LogP contribution in [0.25, 0.3) is 0 Å². The predicted molar refractivity (Wildman–Crippen MR) is 77.0 cm³/mol. The number of hydrogen-bond donors (Lipinski definition) is 1. The average molecular weight is 243 g/mol. The second kappa shape index (κ2) is 4.70. The topological polar surface area (TPSA) is 12.0 Å². The van der Waals surface area contributed by atoms with Gasteiger partial charge < -0.3 is 5.32 Å². The molecule has 1 aromatic rings. The van der Waals surface area contributed by atoms with Gasteiger partial charge in [-0.15, -0.1) is 0 Å². The van der Waals surface area contributed by atoms with Crippen LogP contribution in [0.15, 0.2) is 24.3 Å². The van der Waals surface area contributed by atoms with Crippen LogP contribution in [0.3, 0.4) is 0 Å². The zero-order chi connectivity index (χ0) is 12.7. The average Bonchev–Trinajstić information content (AvgIpc) is 2.39. The molecule has 5 atom stereocenters. The second-order valence-electron chi connectivity index (χ2n) is 6.29. The maximum absolute atomic E-state index is 3.77. The Labute approximate surface area is 111 Å². The molecule has 0 radical (unpaired) electrons. The number of nitrogens with one attached hydrogen (secondary N) is 1. The Morgan fingerprint density at radius 3 is 2.61 bits per heavy atom. The summed E-state index contributed by atoms with van der Waals surface area (Å²) in [5.41, 5.74) is 3.25. The van der Waals surface area contributed by atoms with Crippen LogP contribution in [-0.4, -0.2) is 12.6 Å². The first-order valence-electron chi connectivity index (χ1n) is 7.56. The van der Waals surface area contributed by atoms with Crippen molar-refractivity contribution in [2.75, 3.05) is 6.54 Å². The summed E-state index contributed by atoms with van der Waals surface area (Å²) in [7, 11) is 0. The molecular weight excluding hydrogens is 218 g/mol. The maximum atomic E-state index is 3.77. The smallest absolute Gasteiger partial charge is 0.0133 e. The van der Waals surface area contributed by atoms with E-state index >= 15 is 0 Å². The molecule has 0 saturated heterocycles. The highest BCUT2D eigenvalue weighted by molar-refractivity contribution is 5.40. The van der Waals surface area contributed by atoms with E-state index in [0.29, 0.717) is 0 Å². The summed E-state index contributed by atoms with van der Waals surface area (Å²) in [6.07, 6.45) is 2.61. The lowest BCUT2D eigenvalue weighted by Gasteiger charge is -2.56. The third kappa shape index (κ3) is 1.72. The zero-order valence-electron chi connectivity index (χ0n) is 11.8. The van der Waals surface area contributed by atoms with E-state index in [2.05, 4.69) is 50.4 Å². The van der Waals surface area contributed by atoms with E-state index in [9.17, 15) is 0 Å². The lowest BCUT2D eigenvalue weighted by atomic mass is 9.52. The van der Waals surface area contributed by atoms with E-state index in [1.54, 1.807) is 11.1 Å². The lowest BCUT2D eigenvalue weighted by molar-refractivity contribution is 0.0595. The van der Waals surface area contributed by atoms with Gasteiger partial charge in [0.05, 0.1) is 0 Å². The molecule has 1 aromatic carbocycles. The highest BCUT2D eigenvalue weighted by Gasteiger charge is 2.51. The van der Waals surface area contributed by atoms with Crippen molar-refractivity contribution in [3.8, 4) is 0 Å². The fourth-order valence-electron chi connectivity index (χ4n) is 4.33. The van der Waals surface area contributed by atoms with Gasteiger partial charge in [-0.05, 0) is 54.2 Å². The van der Waals surface area contributed by atoms with Gasteiger partial charge in [-0.3, -0.25) is 0 Å². The molecular formula is C17H25N. The Kier molecular flexibility index (Phi) is 3.19. The Morgan fingerprint density at radius 1 is 1.17 bits per heavy atom. The van der Waals surface area contributed by atoms with E-state index in [0.717, 1.165) is 29.7 Å². The summed E-state index contributed by atoms with van der Waals surface area (Å²) >= 11 is 0.